The van der Waals surface area contributed by atoms with Crippen LogP contribution in [-0.4, -0.2) is 18.0 Å². The molecule has 0 spiro atoms. The molecule has 1 aromatic carbocycles. The van der Waals surface area contributed by atoms with Crippen molar-refractivity contribution in [1.29, 1.82) is 0 Å². The molecule has 1 heterocycles. The summed E-state index contributed by atoms with van der Waals surface area (Å²) >= 11 is 7.89. The monoisotopic (exact) mass is 450 g/mol. The number of hydrogen-bond acceptors (Lipinski definition) is 3. The Morgan fingerprint density at radius 2 is 2.14 bits per heavy atom. The second kappa shape index (κ2) is 9.32. The second-order valence-electron chi connectivity index (χ2n) is 4.68. The molecule has 22 heavy (non-hydrogen) atoms. The molecule has 0 aliphatic heterocycles. The fourth-order valence-corrected chi connectivity index (χ4v) is 2.97. The molecule has 0 saturated carbocycles. The molecule has 7 heteroatoms. The molecule has 0 bridgehead atoms. The van der Waals surface area contributed by atoms with E-state index >= 15 is 0 Å². The molecule has 2 aromatic rings. The van der Waals surface area contributed by atoms with E-state index in [-0.39, 0.29) is 30.0 Å². The average molecular weight is 451 g/mol. The molecule has 2 rings (SSSR count). The SMILES string of the molecule is CN=C(NCc1ncc(C)s1)NC(C)c1ccccc1Cl.I. The summed E-state index contributed by atoms with van der Waals surface area (Å²) in [6.07, 6.45) is 1.88. The fraction of sp³-hybridized carbons (Fsp3) is 0.333. The van der Waals surface area contributed by atoms with Crippen molar-refractivity contribution in [2.75, 3.05) is 7.05 Å². The number of rotatable bonds is 4. The highest BCUT2D eigenvalue weighted by Gasteiger charge is 2.11. The van der Waals surface area contributed by atoms with Crippen LogP contribution in [0.25, 0.3) is 0 Å². The first-order valence-electron chi connectivity index (χ1n) is 6.73. The minimum atomic E-state index is 0. The molecule has 120 valence electrons. The van der Waals surface area contributed by atoms with E-state index in [2.05, 4.69) is 27.5 Å². The lowest BCUT2D eigenvalue weighted by atomic mass is 10.1. The van der Waals surface area contributed by atoms with Crippen LogP contribution in [0.2, 0.25) is 5.02 Å². The van der Waals surface area contributed by atoms with Gasteiger partial charge in [-0.2, -0.15) is 0 Å². The molecule has 1 unspecified atom stereocenters. The van der Waals surface area contributed by atoms with Crippen LogP contribution in [0.5, 0.6) is 0 Å². The predicted octanol–water partition coefficient (Wildman–Crippen LogP) is 4.15. The summed E-state index contributed by atoms with van der Waals surface area (Å²) in [4.78, 5) is 9.77. The molecular formula is C15H20ClIN4S. The Morgan fingerprint density at radius 1 is 1.41 bits per heavy atom. The molecule has 0 radical (unpaired) electrons. The smallest absolute Gasteiger partial charge is 0.191 e. The van der Waals surface area contributed by atoms with Gasteiger partial charge in [0.15, 0.2) is 5.96 Å². The van der Waals surface area contributed by atoms with Crippen molar-refractivity contribution in [2.24, 2.45) is 4.99 Å². The van der Waals surface area contributed by atoms with E-state index in [0.717, 1.165) is 21.6 Å². The third-order valence-electron chi connectivity index (χ3n) is 3.02. The molecule has 0 aliphatic carbocycles. The maximum absolute atomic E-state index is 6.21. The van der Waals surface area contributed by atoms with Crippen molar-refractivity contribution >= 4 is 52.9 Å². The largest absolute Gasteiger partial charge is 0.350 e. The van der Waals surface area contributed by atoms with Gasteiger partial charge >= 0.3 is 0 Å². The zero-order chi connectivity index (χ0) is 15.2. The van der Waals surface area contributed by atoms with Crippen LogP contribution in [0.3, 0.4) is 0 Å². The number of nitrogens with zero attached hydrogens (tertiary/aromatic N) is 2. The van der Waals surface area contributed by atoms with Gasteiger partial charge in [0.2, 0.25) is 0 Å². The number of benzene rings is 1. The molecule has 0 aliphatic rings. The summed E-state index contributed by atoms with van der Waals surface area (Å²) in [5, 5.41) is 8.39. The van der Waals surface area contributed by atoms with E-state index in [9.17, 15) is 0 Å². The van der Waals surface area contributed by atoms with Gasteiger partial charge in [0.1, 0.15) is 5.01 Å². The van der Waals surface area contributed by atoms with E-state index in [4.69, 9.17) is 11.6 Å². The Labute approximate surface area is 157 Å². The predicted molar refractivity (Wildman–Crippen MR) is 105 cm³/mol. The van der Waals surface area contributed by atoms with Gasteiger partial charge in [-0.3, -0.25) is 4.99 Å². The Bertz CT molecular complexity index is 630. The standard InChI is InChI=1S/C15H19ClN4S.HI/c1-10-8-18-14(21-10)9-19-15(17-3)20-11(2)12-6-4-5-7-13(12)16;/h4-8,11H,9H2,1-3H3,(H2,17,19,20);1H. The number of nitrogens with one attached hydrogen (secondary N) is 2. The van der Waals surface area contributed by atoms with Gasteiger partial charge in [-0.1, -0.05) is 29.8 Å². The van der Waals surface area contributed by atoms with Crippen LogP contribution in [0.1, 0.15) is 28.4 Å². The van der Waals surface area contributed by atoms with E-state index in [1.54, 1.807) is 18.4 Å². The molecule has 4 nitrogen and oxygen atoms in total. The van der Waals surface area contributed by atoms with Crippen molar-refractivity contribution in [3.05, 3.63) is 50.9 Å². The third-order valence-corrected chi connectivity index (χ3v) is 4.28. The summed E-state index contributed by atoms with van der Waals surface area (Å²) in [6.45, 7) is 4.77. The Balaban J connectivity index is 0.00000242. The van der Waals surface area contributed by atoms with Crippen LogP contribution in [-0.2, 0) is 6.54 Å². The number of aromatic nitrogens is 1. The minimum Gasteiger partial charge on any atom is -0.350 e. The van der Waals surface area contributed by atoms with Crippen LogP contribution in [0, 0.1) is 6.92 Å². The highest BCUT2D eigenvalue weighted by molar-refractivity contribution is 14.0. The Hall–Kier alpha value is -0.860. The first-order valence-corrected chi connectivity index (χ1v) is 7.92. The van der Waals surface area contributed by atoms with Crippen LogP contribution in [0.4, 0.5) is 0 Å². The number of thiazole rings is 1. The van der Waals surface area contributed by atoms with Crippen molar-refractivity contribution < 1.29 is 0 Å². The van der Waals surface area contributed by atoms with Gasteiger partial charge in [0, 0.05) is 23.1 Å². The lowest BCUT2D eigenvalue weighted by molar-refractivity contribution is 0.685. The second-order valence-corrected chi connectivity index (χ2v) is 6.40. The number of hydrogen-bond donors (Lipinski definition) is 2. The van der Waals surface area contributed by atoms with E-state index in [0.29, 0.717) is 6.54 Å². The summed E-state index contributed by atoms with van der Waals surface area (Å²) in [6, 6.07) is 7.88. The quantitative estimate of drug-likeness (QED) is 0.418. The fourth-order valence-electron chi connectivity index (χ4n) is 1.95. The number of aryl methyl sites for hydroxylation is 1. The summed E-state index contributed by atoms with van der Waals surface area (Å²) in [7, 11) is 1.75. The third kappa shape index (κ3) is 5.40. The normalized spacial score (nSPS) is 12.5. The zero-order valence-electron chi connectivity index (χ0n) is 12.8. The van der Waals surface area contributed by atoms with Gasteiger partial charge in [-0.15, -0.1) is 35.3 Å². The number of aliphatic imine (C=N–C) groups is 1. The molecule has 0 saturated heterocycles. The van der Waals surface area contributed by atoms with E-state index < -0.39 is 0 Å². The number of halogens is 2. The Morgan fingerprint density at radius 3 is 2.73 bits per heavy atom. The van der Waals surface area contributed by atoms with Crippen LogP contribution >= 0.6 is 46.9 Å². The van der Waals surface area contributed by atoms with Gasteiger partial charge in [0.05, 0.1) is 12.6 Å². The summed E-state index contributed by atoms with van der Waals surface area (Å²) in [5.74, 6) is 0.732. The van der Waals surface area contributed by atoms with Crippen molar-refractivity contribution in [3.8, 4) is 0 Å². The topological polar surface area (TPSA) is 49.3 Å². The van der Waals surface area contributed by atoms with Crippen molar-refractivity contribution in [1.82, 2.24) is 15.6 Å². The highest BCUT2D eigenvalue weighted by atomic mass is 127. The summed E-state index contributed by atoms with van der Waals surface area (Å²) < 4.78 is 0. The molecule has 0 fully saturated rings. The molecule has 2 N–H and O–H groups in total. The lowest BCUT2D eigenvalue weighted by Gasteiger charge is -2.18. The van der Waals surface area contributed by atoms with Gasteiger partial charge in [-0.05, 0) is 25.5 Å². The van der Waals surface area contributed by atoms with E-state index in [1.807, 2.05) is 37.4 Å². The van der Waals surface area contributed by atoms with Crippen molar-refractivity contribution in [2.45, 2.75) is 26.4 Å². The molecule has 1 aromatic heterocycles. The van der Waals surface area contributed by atoms with Gasteiger partial charge in [-0.25, -0.2) is 4.98 Å². The summed E-state index contributed by atoms with van der Waals surface area (Å²) in [5.41, 5.74) is 1.05. The molecule has 1 atom stereocenters. The Kier molecular flexibility index (Phi) is 8.13. The van der Waals surface area contributed by atoms with Crippen LogP contribution < -0.4 is 10.6 Å². The number of guanidine groups is 1. The maximum Gasteiger partial charge on any atom is 0.191 e. The average Bonchev–Trinajstić information content (AvgIpc) is 2.89. The van der Waals surface area contributed by atoms with Gasteiger partial charge in [0.25, 0.3) is 0 Å². The molecular weight excluding hydrogens is 431 g/mol. The van der Waals surface area contributed by atoms with Gasteiger partial charge < -0.3 is 10.6 Å². The van der Waals surface area contributed by atoms with E-state index in [1.165, 1.54) is 4.88 Å². The maximum atomic E-state index is 6.21. The zero-order valence-corrected chi connectivity index (χ0v) is 16.7. The molecule has 0 amide bonds. The van der Waals surface area contributed by atoms with Crippen LogP contribution in [0.15, 0.2) is 35.5 Å². The minimum absolute atomic E-state index is 0. The highest BCUT2D eigenvalue weighted by Crippen LogP contribution is 2.21. The first-order chi connectivity index (χ1) is 10.1. The first kappa shape index (κ1) is 19.2. The van der Waals surface area contributed by atoms with Crippen molar-refractivity contribution in [3.63, 3.8) is 0 Å². The lowest BCUT2D eigenvalue weighted by Crippen LogP contribution is -2.38.